The van der Waals surface area contributed by atoms with Crippen LogP contribution < -0.4 is 5.43 Å². The molecule has 1 heterocycles. The summed E-state index contributed by atoms with van der Waals surface area (Å²) < 4.78 is 13.0. The van der Waals surface area contributed by atoms with Crippen LogP contribution in [0.2, 0.25) is 5.02 Å². The van der Waals surface area contributed by atoms with E-state index in [4.69, 9.17) is 11.6 Å². The fraction of sp³-hybridized carbons (Fsp3) is 0. The van der Waals surface area contributed by atoms with Crippen molar-refractivity contribution in [1.82, 2.24) is 5.43 Å². The molecule has 0 aliphatic heterocycles. The molecule has 0 bridgehead atoms. The zero-order valence-electron chi connectivity index (χ0n) is 10.2. The Morgan fingerprint density at radius 3 is 2.81 bits per heavy atom. The summed E-state index contributed by atoms with van der Waals surface area (Å²) in [7, 11) is 0. The van der Waals surface area contributed by atoms with Crippen LogP contribution in [0.1, 0.15) is 15.2 Å². The molecule has 0 spiro atoms. The number of carbonyl (C=O) groups excluding carboxylic acids is 1. The third-order valence-corrected chi connectivity index (χ3v) is 3.59. The second-order valence-electron chi connectivity index (χ2n) is 3.76. The molecule has 2 rings (SSSR count). The molecular formula is C12H7ClFN3O3S. The number of nitro groups is 1. The molecule has 0 saturated carbocycles. The standard InChI is InChI=1S/C12H7ClFN3O3S/c13-9-5-7(1-3-10(9)14)12(18)16-15-6-8-2-4-11(21-8)17(19)20/h1-6H,(H,16,18)/b15-6-. The number of amides is 1. The van der Waals surface area contributed by atoms with E-state index in [2.05, 4.69) is 10.5 Å². The SMILES string of the molecule is O=C(N/N=C\c1ccc([N+](=O)[O-])s1)c1ccc(F)c(Cl)c1. The highest BCUT2D eigenvalue weighted by atomic mass is 35.5. The van der Waals surface area contributed by atoms with Crippen molar-refractivity contribution < 1.29 is 14.1 Å². The van der Waals surface area contributed by atoms with Crippen LogP contribution in [0.3, 0.4) is 0 Å². The fourth-order valence-corrected chi connectivity index (χ4v) is 2.24. The molecule has 1 N–H and O–H groups in total. The van der Waals surface area contributed by atoms with E-state index in [0.29, 0.717) is 4.88 Å². The second kappa shape index (κ2) is 6.42. The van der Waals surface area contributed by atoms with Gasteiger partial charge in [0.05, 0.1) is 21.0 Å². The molecule has 1 amide bonds. The summed E-state index contributed by atoms with van der Waals surface area (Å²) in [6, 6.07) is 6.37. The summed E-state index contributed by atoms with van der Waals surface area (Å²) in [5, 5.41) is 14.0. The average Bonchev–Trinajstić information content (AvgIpc) is 2.91. The molecule has 1 aromatic heterocycles. The number of benzene rings is 1. The number of rotatable bonds is 4. The van der Waals surface area contributed by atoms with Crippen LogP contribution in [0.4, 0.5) is 9.39 Å². The number of thiophene rings is 1. The predicted octanol–water partition coefficient (Wildman–Crippen LogP) is 3.21. The summed E-state index contributed by atoms with van der Waals surface area (Å²) in [5.41, 5.74) is 2.37. The van der Waals surface area contributed by atoms with Gasteiger partial charge >= 0.3 is 5.00 Å². The number of nitrogens with one attached hydrogen (secondary N) is 1. The second-order valence-corrected chi connectivity index (χ2v) is 5.26. The van der Waals surface area contributed by atoms with Crippen LogP contribution in [0, 0.1) is 15.9 Å². The van der Waals surface area contributed by atoms with Gasteiger partial charge < -0.3 is 0 Å². The summed E-state index contributed by atoms with van der Waals surface area (Å²) in [6.07, 6.45) is 1.28. The summed E-state index contributed by atoms with van der Waals surface area (Å²) in [6.45, 7) is 0. The first-order valence-corrected chi connectivity index (χ1v) is 6.69. The third-order valence-electron chi connectivity index (χ3n) is 2.33. The molecule has 6 nitrogen and oxygen atoms in total. The van der Waals surface area contributed by atoms with E-state index < -0.39 is 16.6 Å². The van der Waals surface area contributed by atoms with Gasteiger partial charge in [-0.15, -0.1) is 0 Å². The number of nitrogens with zero attached hydrogens (tertiary/aromatic N) is 2. The number of hydrazone groups is 1. The van der Waals surface area contributed by atoms with E-state index >= 15 is 0 Å². The van der Waals surface area contributed by atoms with Crippen molar-refractivity contribution in [3.05, 3.63) is 61.7 Å². The molecule has 1 aromatic carbocycles. The average molecular weight is 328 g/mol. The summed E-state index contributed by atoms with van der Waals surface area (Å²) >= 11 is 6.49. The number of hydrogen-bond donors (Lipinski definition) is 1. The fourth-order valence-electron chi connectivity index (χ4n) is 1.37. The van der Waals surface area contributed by atoms with Crippen LogP contribution in [-0.2, 0) is 0 Å². The zero-order valence-corrected chi connectivity index (χ0v) is 11.8. The van der Waals surface area contributed by atoms with Crippen molar-refractivity contribution in [1.29, 1.82) is 0 Å². The molecule has 9 heteroatoms. The lowest BCUT2D eigenvalue weighted by Gasteiger charge is -2.00. The highest BCUT2D eigenvalue weighted by molar-refractivity contribution is 7.16. The first-order chi connectivity index (χ1) is 9.97. The predicted molar refractivity (Wildman–Crippen MR) is 77.4 cm³/mol. The van der Waals surface area contributed by atoms with E-state index in [1.54, 1.807) is 0 Å². The van der Waals surface area contributed by atoms with Crippen molar-refractivity contribution in [2.24, 2.45) is 5.10 Å². The molecule has 0 aliphatic carbocycles. The maximum atomic E-state index is 13.0. The first kappa shape index (κ1) is 15.1. The third kappa shape index (κ3) is 3.83. The topological polar surface area (TPSA) is 84.6 Å². The van der Waals surface area contributed by atoms with Crippen molar-refractivity contribution in [2.45, 2.75) is 0 Å². The van der Waals surface area contributed by atoms with Gasteiger partial charge in [0, 0.05) is 11.6 Å². The van der Waals surface area contributed by atoms with Gasteiger partial charge in [-0.05, 0) is 24.3 Å². The van der Waals surface area contributed by atoms with Crippen molar-refractivity contribution in [3.63, 3.8) is 0 Å². The Labute approximate surface area is 127 Å². The minimum Gasteiger partial charge on any atom is -0.267 e. The lowest BCUT2D eigenvalue weighted by atomic mass is 10.2. The molecular weight excluding hydrogens is 321 g/mol. The minimum atomic E-state index is -0.623. The van der Waals surface area contributed by atoms with E-state index in [-0.39, 0.29) is 15.6 Å². The number of hydrogen-bond acceptors (Lipinski definition) is 5. The largest absolute Gasteiger partial charge is 0.324 e. The van der Waals surface area contributed by atoms with Gasteiger partial charge in [0.15, 0.2) is 0 Å². The number of halogens is 2. The van der Waals surface area contributed by atoms with Crippen LogP contribution in [0.5, 0.6) is 0 Å². The van der Waals surface area contributed by atoms with Crippen LogP contribution >= 0.6 is 22.9 Å². The molecule has 0 unspecified atom stereocenters. The maximum Gasteiger partial charge on any atom is 0.324 e. The summed E-state index contributed by atoms with van der Waals surface area (Å²) in [5.74, 6) is -1.19. The Kier molecular flexibility index (Phi) is 4.61. The molecule has 0 aliphatic rings. The monoisotopic (exact) mass is 327 g/mol. The molecule has 21 heavy (non-hydrogen) atoms. The Balaban J connectivity index is 2.01. The lowest BCUT2D eigenvalue weighted by molar-refractivity contribution is -0.380. The van der Waals surface area contributed by atoms with E-state index in [0.717, 1.165) is 17.4 Å². The van der Waals surface area contributed by atoms with Crippen LogP contribution in [0.15, 0.2) is 35.4 Å². The van der Waals surface area contributed by atoms with Crippen LogP contribution in [0.25, 0.3) is 0 Å². The Hall–Kier alpha value is -2.32. The van der Waals surface area contributed by atoms with Crippen LogP contribution in [-0.4, -0.2) is 17.0 Å². The highest BCUT2D eigenvalue weighted by Crippen LogP contribution is 2.22. The van der Waals surface area contributed by atoms with Gasteiger partial charge in [-0.25, -0.2) is 9.82 Å². The highest BCUT2D eigenvalue weighted by Gasteiger charge is 2.09. The van der Waals surface area contributed by atoms with Gasteiger partial charge in [-0.2, -0.15) is 5.10 Å². The summed E-state index contributed by atoms with van der Waals surface area (Å²) in [4.78, 5) is 22.2. The minimum absolute atomic E-state index is 0.0203. The molecule has 2 aromatic rings. The molecule has 0 radical (unpaired) electrons. The first-order valence-electron chi connectivity index (χ1n) is 5.50. The van der Waals surface area contributed by atoms with Gasteiger partial charge in [-0.1, -0.05) is 22.9 Å². The molecule has 108 valence electrons. The van der Waals surface area contributed by atoms with Gasteiger partial charge in [0.25, 0.3) is 5.91 Å². The van der Waals surface area contributed by atoms with Gasteiger partial charge in [-0.3, -0.25) is 14.9 Å². The normalized spacial score (nSPS) is 10.8. The van der Waals surface area contributed by atoms with Crippen molar-refractivity contribution >= 4 is 40.1 Å². The van der Waals surface area contributed by atoms with Gasteiger partial charge in [0.2, 0.25) is 0 Å². The number of carbonyl (C=O) groups is 1. The zero-order chi connectivity index (χ0) is 15.4. The quantitative estimate of drug-likeness (QED) is 0.531. The molecule has 0 atom stereocenters. The van der Waals surface area contributed by atoms with Gasteiger partial charge in [0.1, 0.15) is 5.82 Å². The van der Waals surface area contributed by atoms with E-state index in [1.165, 1.54) is 30.5 Å². The lowest BCUT2D eigenvalue weighted by Crippen LogP contribution is -2.17. The Morgan fingerprint density at radius 2 is 2.19 bits per heavy atom. The Bertz CT molecular complexity index is 732. The van der Waals surface area contributed by atoms with Crippen molar-refractivity contribution in [3.8, 4) is 0 Å². The molecule has 0 saturated heterocycles. The smallest absolute Gasteiger partial charge is 0.267 e. The maximum absolute atomic E-state index is 13.0. The molecule has 0 fully saturated rings. The van der Waals surface area contributed by atoms with E-state index in [9.17, 15) is 19.3 Å². The van der Waals surface area contributed by atoms with Crippen molar-refractivity contribution in [2.75, 3.05) is 0 Å². The van der Waals surface area contributed by atoms with E-state index in [1.807, 2.05) is 0 Å². The Morgan fingerprint density at radius 1 is 1.43 bits per heavy atom.